The third-order valence-corrected chi connectivity index (χ3v) is 5.80. The largest absolute Gasteiger partial charge is 0.379 e. The quantitative estimate of drug-likeness (QED) is 0.776. The van der Waals surface area contributed by atoms with E-state index in [0.29, 0.717) is 30.5 Å². The third-order valence-electron chi connectivity index (χ3n) is 2.78. The smallest absolute Gasteiger partial charge is 0.262 e. The third kappa shape index (κ3) is 4.23. The standard InChI is InChI=1S/C11H19N3O3S2/c1-12-5-4-10-2-3-11(18-10)19(15,16)13-14-6-8-17-9-7-14/h2-3,12-13H,4-9H2,1H3. The molecule has 0 amide bonds. The topological polar surface area (TPSA) is 70.7 Å². The summed E-state index contributed by atoms with van der Waals surface area (Å²) < 4.78 is 29.9. The highest BCUT2D eigenvalue weighted by Crippen LogP contribution is 2.22. The van der Waals surface area contributed by atoms with E-state index >= 15 is 0 Å². The van der Waals surface area contributed by atoms with Crippen LogP contribution in [0.25, 0.3) is 0 Å². The summed E-state index contributed by atoms with van der Waals surface area (Å²) in [6, 6.07) is 3.54. The SMILES string of the molecule is CNCCc1ccc(S(=O)(=O)NN2CCOCC2)s1. The Balaban J connectivity index is 1.99. The number of hydrogen-bond donors (Lipinski definition) is 2. The summed E-state index contributed by atoms with van der Waals surface area (Å²) in [5.41, 5.74) is 0. The van der Waals surface area contributed by atoms with Crippen molar-refractivity contribution in [2.24, 2.45) is 0 Å². The highest BCUT2D eigenvalue weighted by molar-refractivity contribution is 7.91. The van der Waals surface area contributed by atoms with Crippen LogP contribution in [-0.2, 0) is 21.2 Å². The van der Waals surface area contributed by atoms with Gasteiger partial charge >= 0.3 is 0 Å². The number of likely N-dealkylation sites (N-methyl/N-ethyl adjacent to an activating group) is 1. The maximum absolute atomic E-state index is 12.2. The highest BCUT2D eigenvalue weighted by atomic mass is 32.2. The van der Waals surface area contributed by atoms with Crippen LogP contribution in [0.15, 0.2) is 16.3 Å². The minimum atomic E-state index is -3.45. The molecule has 2 heterocycles. The number of hydrazine groups is 1. The molecule has 0 radical (unpaired) electrons. The van der Waals surface area contributed by atoms with Crippen molar-refractivity contribution in [2.75, 3.05) is 39.9 Å². The molecule has 1 aliphatic heterocycles. The van der Waals surface area contributed by atoms with Crippen LogP contribution in [0.4, 0.5) is 0 Å². The maximum Gasteiger partial charge on any atom is 0.262 e. The normalized spacial score (nSPS) is 17.7. The van der Waals surface area contributed by atoms with Gasteiger partial charge in [0.25, 0.3) is 10.0 Å². The lowest BCUT2D eigenvalue weighted by Gasteiger charge is -2.26. The fourth-order valence-electron chi connectivity index (χ4n) is 1.75. The number of sulfonamides is 1. The Kier molecular flexibility index (Phi) is 5.31. The van der Waals surface area contributed by atoms with Gasteiger partial charge in [0.2, 0.25) is 0 Å². The Labute approximate surface area is 117 Å². The van der Waals surface area contributed by atoms with E-state index in [-0.39, 0.29) is 0 Å². The molecule has 0 unspecified atom stereocenters. The molecule has 2 N–H and O–H groups in total. The van der Waals surface area contributed by atoms with Crippen LogP contribution in [-0.4, -0.2) is 53.3 Å². The van der Waals surface area contributed by atoms with Gasteiger partial charge in [-0.1, -0.05) is 0 Å². The van der Waals surface area contributed by atoms with Crippen LogP contribution < -0.4 is 10.1 Å². The Morgan fingerprint density at radius 2 is 2.11 bits per heavy atom. The number of ether oxygens (including phenoxy) is 1. The zero-order valence-corrected chi connectivity index (χ0v) is 12.5. The van der Waals surface area contributed by atoms with Crippen molar-refractivity contribution in [2.45, 2.75) is 10.6 Å². The van der Waals surface area contributed by atoms with Crippen molar-refractivity contribution in [3.63, 3.8) is 0 Å². The molecule has 1 saturated heterocycles. The predicted molar refractivity (Wildman–Crippen MR) is 74.7 cm³/mol. The summed E-state index contributed by atoms with van der Waals surface area (Å²) in [7, 11) is -1.57. The van der Waals surface area contributed by atoms with E-state index in [1.807, 2.05) is 13.1 Å². The molecule has 0 spiro atoms. The zero-order chi connectivity index (χ0) is 13.7. The molecule has 6 nitrogen and oxygen atoms in total. The molecule has 108 valence electrons. The fourth-order valence-corrected chi connectivity index (χ4v) is 4.22. The van der Waals surface area contributed by atoms with Crippen molar-refractivity contribution in [1.29, 1.82) is 0 Å². The van der Waals surface area contributed by atoms with Gasteiger partial charge in [0.05, 0.1) is 13.2 Å². The number of hydrogen-bond acceptors (Lipinski definition) is 6. The van der Waals surface area contributed by atoms with Gasteiger partial charge in [-0.2, -0.15) is 0 Å². The first-order chi connectivity index (χ1) is 9.12. The van der Waals surface area contributed by atoms with Gasteiger partial charge in [-0.25, -0.2) is 13.4 Å². The first-order valence-electron chi connectivity index (χ1n) is 6.20. The van der Waals surface area contributed by atoms with Gasteiger partial charge in [-0.15, -0.1) is 16.2 Å². The Hall–Kier alpha value is -0.510. The molecule has 0 saturated carbocycles. The van der Waals surface area contributed by atoms with Crippen molar-refractivity contribution in [3.05, 3.63) is 17.0 Å². The minimum Gasteiger partial charge on any atom is -0.379 e. The first kappa shape index (κ1) is 14.9. The van der Waals surface area contributed by atoms with E-state index in [1.54, 1.807) is 11.1 Å². The molecule has 19 heavy (non-hydrogen) atoms. The predicted octanol–water partition coefficient (Wildman–Crippen LogP) is 0.0355. The van der Waals surface area contributed by atoms with Crippen molar-refractivity contribution < 1.29 is 13.2 Å². The molecule has 0 aromatic carbocycles. The van der Waals surface area contributed by atoms with Crippen molar-refractivity contribution in [1.82, 2.24) is 15.2 Å². The molecule has 1 aromatic heterocycles. The summed E-state index contributed by atoms with van der Waals surface area (Å²) in [6.07, 6.45) is 0.842. The molecule has 8 heteroatoms. The molecule has 0 bridgehead atoms. The molecule has 0 atom stereocenters. The van der Waals surface area contributed by atoms with E-state index in [9.17, 15) is 8.42 Å². The van der Waals surface area contributed by atoms with Crippen LogP contribution in [0.1, 0.15) is 4.88 Å². The molecule has 1 aliphatic rings. The van der Waals surface area contributed by atoms with Gasteiger partial charge in [0, 0.05) is 18.0 Å². The Bertz CT molecular complexity index is 495. The Morgan fingerprint density at radius 1 is 1.37 bits per heavy atom. The summed E-state index contributed by atoms with van der Waals surface area (Å²) in [4.78, 5) is 3.67. The monoisotopic (exact) mass is 305 g/mol. The van der Waals surface area contributed by atoms with Gasteiger partial charge in [0.1, 0.15) is 4.21 Å². The summed E-state index contributed by atoms with van der Waals surface area (Å²) in [5.74, 6) is 0. The fraction of sp³-hybridized carbons (Fsp3) is 0.636. The van der Waals surface area contributed by atoms with Crippen LogP contribution in [0.2, 0.25) is 0 Å². The number of thiophene rings is 1. The lowest BCUT2D eigenvalue weighted by Crippen LogP contribution is -2.48. The summed E-state index contributed by atoms with van der Waals surface area (Å²) in [6.45, 7) is 3.12. The van der Waals surface area contributed by atoms with E-state index < -0.39 is 10.0 Å². The minimum absolute atomic E-state index is 0.366. The van der Waals surface area contributed by atoms with Crippen LogP contribution in [0.5, 0.6) is 0 Å². The molecule has 0 aliphatic carbocycles. The summed E-state index contributed by atoms with van der Waals surface area (Å²) in [5, 5.41) is 4.74. The lowest BCUT2D eigenvalue weighted by molar-refractivity contribution is 0.0272. The average Bonchev–Trinajstić information content (AvgIpc) is 2.86. The van der Waals surface area contributed by atoms with E-state index in [4.69, 9.17) is 4.74 Å². The number of morpholine rings is 1. The van der Waals surface area contributed by atoms with Crippen molar-refractivity contribution in [3.8, 4) is 0 Å². The van der Waals surface area contributed by atoms with Crippen LogP contribution in [0.3, 0.4) is 0 Å². The van der Waals surface area contributed by atoms with Gasteiger partial charge in [-0.05, 0) is 32.1 Å². The van der Waals surface area contributed by atoms with Crippen LogP contribution in [0, 0.1) is 0 Å². The molecular weight excluding hydrogens is 286 g/mol. The van der Waals surface area contributed by atoms with E-state index in [1.165, 1.54) is 11.3 Å². The van der Waals surface area contributed by atoms with E-state index in [0.717, 1.165) is 17.8 Å². The number of nitrogens with one attached hydrogen (secondary N) is 2. The number of rotatable bonds is 6. The zero-order valence-electron chi connectivity index (χ0n) is 10.9. The molecule has 1 fully saturated rings. The highest BCUT2D eigenvalue weighted by Gasteiger charge is 2.21. The summed E-state index contributed by atoms with van der Waals surface area (Å²) >= 11 is 1.32. The maximum atomic E-state index is 12.2. The van der Waals surface area contributed by atoms with Gasteiger partial charge < -0.3 is 10.1 Å². The average molecular weight is 305 g/mol. The van der Waals surface area contributed by atoms with Gasteiger partial charge in [-0.3, -0.25) is 0 Å². The van der Waals surface area contributed by atoms with Crippen LogP contribution >= 0.6 is 11.3 Å². The molecule has 1 aromatic rings. The van der Waals surface area contributed by atoms with Crippen molar-refractivity contribution >= 4 is 21.4 Å². The number of nitrogens with zero attached hydrogens (tertiary/aromatic N) is 1. The first-order valence-corrected chi connectivity index (χ1v) is 8.50. The molecular formula is C11H19N3O3S2. The van der Waals surface area contributed by atoms with Gasteiger partial charge in [0.15, 0.2) is 0 Å². The second kappa shape index (κ2) is 6.78. The lowest BCUT2D eigenvalue weighted by atomic mass is 10.3. The second-order valence-electron chi connectivity index (χ2n) is 4.27. The second-order valence-corrected chi connectivity index (χ2v) is 7.32. The molecule has 2 rings (SSSR count). The van der Waals surface area contributed by atoms with E-state index in [2.05, 4.69) is 10.1 Å². The Morgan fingerprint density at radius 3 is 2.79 bits per heavy atom.